The lowest BCUT2D eigenvalue weighted by Crippen LogP contribution is -2.41. The fourth-order valence-corrected chi connectivity index (χ4v) is 1.32. The summed E-state index contributed by atoms with van der Waals surface area (Å²) in [6, 6.07) is 1.68. The molecular formula is C9H8ClNO4. The lowest BCUT2D eigenvalue weighted by Gasteiger charge is -2.29. The first-order valence-electron chi connectivity index (χ1n) is 4.01. The highest BCUT2D eigenvalue weighted by Crippen LogP contribution is 2.27. The number of aliphatic carboxylic acids is 1. The SMILES string of the molecule is N#CCOC1(O)C=CC(C(=O)O)=CC1Cl. The molecule has 80 valence electrons. The molecule has 0 bridgehead atoms. The normalized spacial score (nSPS) is 29.4. The van der Waals surface area contributed by atoms with Gasteiger partial charge in [-0.15, -0.1) is 11.6 Å². The van der Waals surface area contributed by atoms with Crippen LogP contribution in [-0.2, 0) is 9.53 Å². The summed E-state index contributed by atoms with van der Waals surface area (Å²) >= 11 is 5.72. The predicted octanol–water partition coefficient (Wildman–Crippen LogP) is 0.403. The molecule has 15 heavy (non-hydrogen) atoms. The second-order valence-corrected chi connectivity index (χ2v) is 3.33. The summed E-state index contributed by atoms with van der Waals surface area (Å²) in [6.45, 7) is -0.333. The summed E-state index contributed by atoms with van der Waals surface area (Å²) in [4.78, 5) is 10.6. The van der Waals surface area contributed by atoms with Gasteiger partial charge in [-0.1, -0.05) is 0 Å². The molecule has 0 radical (unpaired) electrons. The maximum atomic E-state index is 10.6. The van der Waals surface area contributed by atoms with Gasteiger partial charge in [0.1, 0.15) is 12.0 Å². The molecular weight excluding hydrogens is 222 g/mol. The summed E-state index contributed by atoms with van der Waals surface area (Å²) in [5, 5.41) is 25.6. The van der Waals surface area contributed by atoms with E-state index >= 15 is 0 Å². The van der Waals surface area contributed by atoms with Gasteiger partial charge in [0.05, 0.1) is 11.6 Å². The van der Waals surface area contributed by atoms with Crippen molar-refractivity contribution in [3.63, 3.8) is 0 Å². The lowest BCUT2D eigenvalue weighted by molar-refractivity contribution is -0.152. The van der Waals surface area contributed by atoms with Gasteiger partial charge in [-0.3, -0.25) is 0 Å². The molecule has 1 aliphatic carbocycles. The Kier molecular flexibility index (Phi) is 3.48. The zero-order valence-corrected chi connectivity index (χ0v) is 8.31. The monoisotopic (exact) mass is 229 g/mol. The first kappa shape index (κ1) is 11.7. The number of hydrogen-bond donors (Lipinski definition) is 2. The Morgan fingerprint density at radius 1 is 1.80 bits per heavy atom. The summed E-state index contributed by atoms with van der Waals surface area (Å²) in [5.41, 5.74) is -0.0276. The number of halogens is 1. The number of nitrogens with zero attached hydrogens (tertiary/aromatic N) is 1. The van der Waals surface area contributed by atoms with E-state index in [1.807, 2.05) is 0 Å². The van der Waals surface area contributed by atoms with Gasteiger partial charge in [-0.25, -0.2) is 4.79 Å². The highest BCUT2D eigenvalue weighted by molar-refractivity contribution is 6.23. The van der Waals surface area contributed by atoms with Crippen molar-refractivity contribution < 1.29 is 19.7 Å². The van der Waals surface area contributed by atoms with Gasteiger partial charge >= 0.3 is 5.97 Å². The highest BCUT2D eigenvalue weighted by atomic mass is 35.5. The van der Waals surface area contributed by atoms with Crippen LogP contribution in [0.1, 0.15) is 0 Å². The van der Waals surface area contributed by atoms with Crippen molar-refractivity contribution in [2.24, 2.45) is 0 Å². The third kappa shape index (κ3) is 2.57. The van der Waals surface area contributed by atoms with Gasteiger partial charge in [-0.2, -0.15) is 5.26 Å². The van der Waals surface area contributed by atoms with Crippen LogP contribution in [0.4, 0.5) is 0 Å². The van der Waals surface area contributed by atoms with Crippen LogP contribution in [0.5, 0.6) is 0 Å². The van der Waals surface area contributed by atoms with Crippen molar-refractivity contribution in [1.29, 1.82) is 5.26 Å². The van der Waals surface area contributed by atoms with E-state index in [4.69, 9.17) is 26.7 Å². The molecule has 0 saturated heterocycles. The van der Waals surface area contributed by atoms with E-state index in [1.54, 1.807) is 6.07 Å². The molecule has 0 fully saturated rings. The average Bonchev–Trinajstić information content (AvgIpc) is 2.19. The van der Waals surface area contributed by atoms with E-state index in [0.717, 1.165) is 12.2 Å². The van der Waals surface area contributed by atoms with E-state index in [9.17, 15) is 9.90 Å². The quantitative estimate of drug-likeness (QED) is 0.540. The largest absolute Gasteiger partial charge is 0.478 e. The van der Waals surface area contributed by atoms with Crippen LogP contribution in [0, 0.1) is 11.3 Å². The summed E-state index contributed by atoms with van der Waals surface area (Å²) < 4.78 is 4.80. The van der Waals surface area contributed by atoms with Gasteiger partial charge in [0.2, 0.25) is 5.79 Å². The number of nitriles is 1. The third-order valence-corrected chi connectivity index (χ3v) is 2.28. The Morgan fingerprint density at radius 2 is 2.47 bits per heavy atom. The molecule has 1 aliphatic rings. The van der Waals surface area contributed by atoms with E-state index in [1.165, 1.54) is 6.08 Å². The molecule has 0 aromatic heterocycles. The Hall–Kier alpha value is -1.35. The Morgan fingerprint density at radius 3 is 2.93 bits per heavy atom. The standard InChI is InChI=1S/C9H8ClNO4/c10-7-5-6(8(12)13)1-2-9(7,14)15-4-3-11/h1-2,5,7,14H,4H2,(H,12,13). The van der Waals surface area contributed by atoms with Crippen LogP contribution < -0.4 is 0 Å². The van der Waals surface area contributed by atoms with Crippen molar-refractivity contribution in [1.82, 2.24) is 0 Å². The second kappa shape index (κ2) is 4.45. The Bertz CT molecular complexity index is 371. The van der Waals surface area contributed by atoms with Crippen molar-refractivity contribution in [3.05, 3.63) is 23.8 Å². The summed E-state index contributed by atoms with van der Waals surface area (Å²) in [6.07, 6.45) is 3.45. The number of carboxylic acid groups (broad SMARTS) is 1. The molecule has 0 spiro atoms. The molecule has 0 aromatic rings. The van der Waals surface area contributed by atoms with Crippen LogP contribution in [-0.4, -0.2) is 34.0 Å². The number of rotatable bonds is 3. The van der Waals surface area contributed by atoms with E-state index in [-0.39, 0.29) is 12.2 Å². The van der Waals surface area contributed by atoms with Crippen LogP contribution in [0.3, 0.4) is 0 Å². The van der Waals surface area contributed by atoms with Gasteiger partial charge in [0.25, 0.3) is 0 Å². The molecule has 2 N–H and O–H groups in total. The number of hydrogen-bond acceptors (Lipinski definition) is 4. The van der Waals surface area contributed by atoms with E-state index < -0.39 is 17.1 Å². The molecule has 2 unspecified atom stereocenters. The van der Waals surface area contributed by atoms with Crippen molar-refractivity contribution in [3.8, 4) is 6.07 Å². The molecule has 0 saturated carbocycles. The molecule has 5 nitrogen and oxygen atoms in total. The average molecular weight is 230 g/mol. The zero-order valence-electron chi connectivity index (χ0n) is 7.55. The summed E-state index contributed by atoms with van der Waals surface area (Å²) in [7, 11) is 0. The number of alkyl halides is 1. The van der Waals surface area contributed by atoms with Crippen LogP contribution in [0.25, 0.3) is 0 Å². The van der Waals surface area contributed by atoms with Crippen LogP contribution in [0.15, 0.2) is 23.8 Å². The maximum absolute atomic E-state index is 10.6. The molecule has 6 heteroatoms. The van der Waals surface area contributed by atoms with Crippen molar-refractivity contribution in [2.75, 3.05) is 6.61 Å². The van der Waals surface area contributed by atoms with Crippen molar-refractivity contribution >= 4 is 17.6 Å². The number of carbonyl (C=O) groups is 1. The summed E-state index contributed by atoms with van der Waals surface area (Å²) in [5.74, 6) is -2.96. The van der Waals surface area contributed by atoms with Gasteiger partial charge in [0, 0.05) is 0 Å². The second-order valence-electron chi connectivity index (χ2n) is 2.86. The fraction of sp³-hybridized carbons (Fsp3) is 0.333. The molecule has 0 aromatic carbocycles. The molecule has 0 amide bonds. The van der Waals surface area contributed by atoms with Crippen LogP contribution in [0.2, 0.25) is 0 Å². The molecule has 0 heterocycles. The minimum atomic E-state index is -1.82. The first-order chi connectivity index (χ1) is 6.99. The van der Waals surface area contributed by atoms with Crippen LogP contribution >= 0.6 is 11.6 Å². The smallest absolute Gasteiger partial charge is 0.335 e. The van der Waals surface area contributed by atoms with E-state index in [2.05, 4.69) is 0 Å². The van der Waals surface area contributed by atoms with Crippen molar-refractivity contribution in [2.45, 2.75) is 11.2 Å². The lowest BCUT2D eigenvalue weighted by atomic mass is 10.0. The van der Waals surface area contributed by atoms with Gasteiger partial charge in [0.15, 0.2) is 0 Å². The molecule has 0 aliphatic heterocycles. The predicted molar refractivity (Wildman–Crippen MR) is 51.0 cm³/mol. The number of carboxylic acids is 1. The minimum absolute atomic E-state index is 0.0276. The van der Waals surface area contributed by atoms with E-state index in [0.29, 0.717) is 0 Å². The Labute approximate surface area is 90.8 Å². The number of aliphatic hydroxyl groups is 1. The van der Waals surface area contributed by atoms with Gasteiger partial charge in [-0.05, 0) is 18.2 Å². The van der Waals surface area contributed by atoms with Gasteiger partial charge < -0.3 is 14.9 Å². The zero-order chi connectivity index (χ0) is 11.5. The topological polar surface area (TPSA) is 90.5 Å². The minimum Gasteiger partial charge on any atom is -0.478 e. The first-order valence-corrected chi connectivity index (χ1v) is 4.45. The molecule has 2 atom stereocenters. The third-order valence-electron chi connectivity index (χ3n) is 1.84. The fourth-order valence-electron chi connectivity index (χ4n) is 1.05. The highest BCUT2D eigenvalue weighted by Gasteiger charge is 2.36. The maximum Gasteiger partial charge on any atom is 0.335 e. The molecule has 1 rings (SSSR count). The number of ether oxygens (including phenoxy) is 1. The Balaban J connectivity index is 2.81.